The molecule has 0 aliphatic carbocycles. The fraction of sp³-hybridized carbons (Fsp3) is 0.484. The van der Waals surface area contributed by atoms with Crippen molar-refractivity contribution in [3.8, 4) is 0 Å². The fourth-order valence-corrected chi connectivity index (χ4v) is 4.50. The predicted octanol–water partition coefficient (Wildman–Crippen LogP) is 5.13. The summed E-state index contributed by atoms with van der Waals surface area (Å²) in [5.74, 6) is -1.00. The van der Waals surface area contributed by atoms with Crippen molar-refractivity contribution >= 4 is 37.7 Å². The quantitative estimate of drug-likeness (QED) is 0.298. The lowest BCUT2D eigenvalue weighted by Gasteiger charge is -2.36. The number of alkyl carbamates (subject to hydrolysis) is 1. The summed E-state index contributed by atoms with van der Waals surface area (Å²) in [5.41, 5.74) is 3.70. The maximum atomic E-state index is 12.9. The summed E-state index contributed by atoms with van der Waals surface area (Å²) >= 11 is 0. The van der Waals surface area contributed by atoms with E-state index in [0.29, 0.717) is 6.61 Å². The van der Waals surface area contributed by atoms with Crippen molar-refractivity contribution in [3.05, 3.63) is 65.2 Å². The molecule has 0 aliphatic heterocycles. The predicted molar refractivity (Wildman–Crippen MR) is 163 cm³/mol. The molecule has 224 valence electrons. The normalized spacial score (nSPS) is 11.5. The molecule has 41 heavy (non-hydrogen) atoms. The molecule has 0 radical (unpaired) electrons. The zero-order chi connectivity index (χ0) is 30.6. The zero-order valence-corrected chi connectivity index (χ0v) is 26.5. The van der Waals surface area contributed by atoms with Gasteiger partial charge in [-0.3, -0.25) is 14.4 Å². The van der Waals surface area contributed by atoms with E-state index in [4.69, 9.17) is 9.16 Å². The van der Waals surface area contributed by atoms with Gasteiger partial charge >= 0.3 is 6.09 Å². The van der Waals surface area contributed by atoms with Crippen molar-refractivity contribution < 1.29 is 28.3 Å². The van der Waals surface area contributed by atoms with Crippen molar-refractivity contribution in [3.63, 3.8) is 0 Å². The number of carbonyl (C=O) groups excluding carboxylic acids is 4. The minimum Gasteiger partial charge on any atom is -0.445 e. The third-order valence-electron chi connectivity index (χ3n) is 7.32. The van der Waals surface area contributed by atoms with Crippen molar-refractivity contribution in [2.75, 3.05) is 25.0 Å². The van der Waals surface area contributed by atoms with Gasteiger partial charge in [-0.05, 0) is 53.4 Å². The highest BCUT2D eigenvalue weighted by Gasteiger charge is 2.37. The standard InChI is InChI=1S/C31H45N3O6Si/c1-8-23-16-25(22-40-41(6,7)31(2,3)4)18-26(17-23)34(5)29(37)15-14-27(35)19-32-28(36)20-33-30(38)39-21-24-12-10-9-11-13-24/h9-13,16-18H,8,14-15,19-22H2,1-7H3,(H,32,36)(H,33,38). The van der Waals surface area contributed by atoms with Crippen LogP contribution >= 0.6 is 0 Å². The maximum Gasteiger partial charge on any atom is 0.407 e. The Hall–Kier alpha value is -3.50. The first-order chi connectivity index (χ1) is 19.2. The Morgan fingerprint density at radius 3 is 2.15 bits per heavy atom. The van der Waals surface area contributed by atoms with E-state index in [9.17, 15) is 19.2 Å². The number of ketones is 1. The van der Waals surface area contributed by atoms with Crippen molar-refractivity contribution in [2.45, 2.75) is 78.3 Å². The molecule has 0 aromatic heterocycles. The second-order valence-electron chi connectivity index (χ2n) is 11.6. The highest BCUT2D eigenvalue weighted by atomic mass is 28.4. The molecule has 0 saturated carbocycles. The lowest BCUT2D eigenvalue weighted by atomic mass is 10.1. The van der Waals surface area contributed by atoms with Crippen LogP contribution in [0.25, 0.3) is 0 Å². The number of Topliss-reactive ketones (excluding diaryl/α,β-unsaturated/α-hetero) is 1. The van der Waals surface area contributed by atoms with Gasteiger partial charge in [0.05, 0.1) is 13.2 Å². The van der Waals surface area contributed by atoms with Gasteiger partial charge in [-0.25, -0.2) is 4.79 Å². The highest BCUT2D eigenvalue weighted by molar-refractivity contribution is 6.74. The van der Waals surface area contributed by atoms with Gasteiger partial charge in [0, 0.05) is 25.6 Å². The number of nitrogens with zero attached hydrogens (tertiary/aromatic N) is 1. The molecule has 0 heterocycles. The summed E-state index contributed by atoms with van der Waals surface area (Å²) in [6, 6.07) is 15.2. The molecule has 2 aromatic carbocycles. The zero-order valence-electron chi connectivity index (χ0n) is 25.5. The molecule has 10 heteroatoms. The number of anilines is 1. The molecule has 0 unspecified atom stereocenters. The molecular weight excluding hydrogens is 538 g/mol. The van der Waals surface area contributed by atoms with Gasteiger partial charge in [0.1, 0.15) is 13.2 Å². The monoisotopic (exact) mass is 583 g/mol. The fourth-order valence-electron chi connectivity index (χ4n) is 3.54. The van der Waals surface area contributed by atoms with E-state index >= 15 is 0 Å². The average molecular weight is 584 g/mol. The Bertz CT molecular complexity index is 1190. The van der Waals surface area contributed by atoms with E-state index in [-0.39, 0.29) is 49.3 Å². The summed E-state index contributed by atoms with van der Waals surface area (Å²) in [6.07, 6.45) is 0.0956. The first-order valence-corrected chi connectivity index (χ1v) is 16.9. The molecule has 0 spiro atoms. The second kappa shape index (κ2) is 15.5. The number of ether oxygens (including phenoxy) is 1. The van der Waals surface area contributed by atoms with Crippen LogP contribution in [0, 0.1) is 0 Å². The van der Waals surface area contributed by atoms with Gasteiger partial charge in [0.15, 0.2) is 14.1 Å². The van der Waals surface area contributed by atoms with E-state index in [1.54, 1.807) is 11.9 Å². The largest absolute Gasteiger partial charge is 0.445 e. The maximum absolute atomic E-state index is 12.9. The van der Waals surface area contributed by atoms with Crippen molar-refractivity contribution in [2.24, 2.45) is 0 Å². The smallest absolute Gasteiger partial charge is 0.407 e. The Kier molecular flexibility index (Phi) is 12.7. The lowest BCUT2D eigenvalue weighted by molar-refractivity contribution is -0.125. The molecule has 2 rings (SSSR count). The number of rotatable bonds is 14. The molecule has 0 fully saturated rings. The number of hydrogen-bond donors (Lipinski definition) is 2. The topological polar surface area (TPSA) is 114 Å². The first-order valence-electron chi connectivity index (χ1n) is 14.0. The SMILES string of the molecule is CCc1cc(CO[Si](C)(C)C(C)(C)C)cc(N(C)C(=O)CCC(=O)CNC(=O)CNC(=O)OCc2ccccc2)c1. The minimum atomic E-state index is -1.93. The summed E-state index contributed by atoms with van der Waals surface area (Å²) in [7, 11) is -0.227. The number of hydrogen-bond acceptors (Lipinski definition) is 6. The van der Waals surface area contributed by atoms with Crippen molar-refractivity contribution in [1.82, 2.24) is 10.6 Å². The molecule has 9 nitrogen and oxygen atoms in total. The summed E-state index contributed by atoms with van der Waals surface area (Å²) in [4.78, 5) is 50.5. The number of carbonyl (C=O) groups is 4. The number of aryl methyl sites for hydroxylation is 1. The van der Waals surface area contributed by atoms with Crippen LogP contribution in [0.1, 0.15) is 57.2 Å². The minimum absolute atomic E-state index is 0.00912. The van der Waals surface area contributed by atoms with Gasteiger partial charge in [-0.15, -0.1) is 0 Å². The third kappa shape index (κ3) is 11.5. The van der Waals surface area contributed by atoms with Crippen LogP contribution in [0.2, 0.25) is 18.1 Å². The van der Waals surface area contributed by atoms with Gasteiger partial charge in [0.2, 0.25) is 11.8 Å². The van der Waals surface area contributed by atoms with Crippen LogP contribution in [0.3, 0.4) is 0 Å². The van der Waals surface area contributed by atoms with Crippen LogP contribution in [0.15, 0.2) is 48.5 Å². The molecule has 0 atom stereocenters. The Labute approximate surface area is 245 Å². The number of amides is 3. The van der Waals surface area contributed by atoms with Gasteiger partial charge in [-0.1, -0.05) is 64.1 Å². The average Bonchev–Trinajstić information content (AvgIpc) is 2.94. The Morgan fingerprint density at radius 2 is 1.51 bits per heavy atom. The summed E-state index contributed by atoms with van der Waals surface area (Å²) < 4.78 is 11.4. The van der Waals surface area contributed by atoms with Gasteiger partial charge in [-0.2, -0.15) is 0 Å². The molecule has 0 aliphatic rings. The molecule has 2 aromatic rings. The Morgan fingerprint density at radius 1 is 0.854 bits per heavy atom. The summed E-state index contributed by atoms with van der Waals surface area (Å²) in [6.45, 7) is 13.1. The molecule has 2 N–H and O–H groups in total. The number of benzene rings is 2. The molecule has 0 bridgehead atoms. The van der Waals surface area contributed by atoms with Crippen LogP contribution in [-0.2, 0) is 43.2 Å². The van der Waals surface area contributed by atoms with E-state index in [1.807, 2.05) is 42.5 Å². The second-order valence-corrected chi connectivity index (χ2v) is 16.4. The van der Waals surface area contributed by atoms with Gasteiger partial charge in [0.25, 0.3) is 0 Å². The van der Waals surface area contributed by atoms with Crippen LogP contribution in [0.4, 0.5) is 10.5 Å². The van der Waals surface area contributed by atoms with Gasteiger partial charge < -0.3 is 24.7 Å². The van der Waals surface area contributed by atoms with Crippen LogP contribution in [-0.4, -0.2) is 52.1 Å². The molecule has 3 amide bonds. The summed E-state index contributed by atoms with van der Waals surface area (Å²) in [5, 5.41) is 4.91. The van der Waals surface area contributed by atoms with E-state index < -0.39 is 20.3 Å². The number of nitrogens with one attached hydrogen (secondary N) is 2. The van der Waals surface area contributed by atoms with Crippen molar-refractivity contribution in [1.29, 1.82) is 0 Å². The van der Waals surface area contributed by atoms with E-state index in [2.05, 4.69) is 57.5 Å². The Balaban J connectivity index is 1.79. The van der Waals surface area contributed by atoms with Crippen LogP contribution in [0.5, 0.6) is 0 Å². The van der Waals surface area contributed by atoms with E-state index in [1.165, 1.54) is 0 Å². The molecule has 0 saturated heterocycles. The van der Waals surface area contributed by atoms with E-state index in [0.717, 1.165) is 28.8 Å². The highest BCUT2D eigenvalue weighted by Crippen LogP contribution is 2.37. The lowest BCUT2D eigenvalue weighted by Crippen LogP contribution is -2.40. The molecular formula is C31H45N3O6Si. The van der Waals surface area contributed by atoms with Crippen LogP contribution < -0.4 is 15.5 Å². The third-order valence-corrected chi connectivity index (χ3v) is 11.8. The first kappa shape index (κ1) is 33.7.